The lowest BCUT2D eigenvalue weighted by molar-refractivity contribution is 0.231. The Balaban J connectivity index is 1.99. The molecule has 1 heterocycles. The molecule has 0 bridgehead atoms. The summed E-state index contributed by atoms with van der Waals surface area (Å²) in [6.07, 6.45) is 3.53. The zero-order chi connectivity index (χ0) is 15.2. The van der Waals surface area contributed by atoms with Crippen molar-refractivity contribution in [3.8, 4) is 5.75 Å². The Morgan fingerprint density at radius 3 is 2.67 bits per heavy atom. The quantitative estimate of drug-likeness (QED) is 0.876. The van der Waals surface area contributed by atoms with Gasteiger partial charge in [0.15, 0.2) is 11.6 Å². The van der Waals surface area contributed by atoms with Gasteiger partial charge in [-0.25, -0.2) is 4.39 Å². The van der Waals surface area contributed by atoms with E-state index in [0.717, 1.165) is 11.1 Å². The number of halogens is 1. The van der Waals surface area contributed by atoms with Gasteiger partial charge < -0.3 is 10.1 Å². The van der Waals surface area contributed by atoms with Gasteiger partial charge in [0.25, 0.3) is 0 Å². The summed E-state index contributed by atoms with van der Waals surface area (Å²) in [5, 5.41) is 3.36. The summed E-state index contributed by atoms with van der Waals surface area (Å²) >= 11 is 0. The summed E-state index contributed by atoms with van der Waals surface area (Å²) in [4.78, 5) is 4.07. The monoisotopic (exact) mass is 288 g/mol. The standard InChI is InChI=1S/C17H21FN2O/c1-12(2)21-17-7-6-15(9-16(17)18)13(3)20-11-14-5-4-8-19-10-14/h4-10,12-13,20H,11H2,1-3H3/t13-/m1/s1. The van der Waals surface area contributed by atoms with Crippen LogP contribution in [-0.2, 0) is 6.54 Å². The van der Waals surface area contributed by atoms with Crippen LogP contribution < -0.4 is 10.1 Å². The van der Waals surface area contributed by atoms with Crippen molar-refractivity contribution in [2.24, 2.45) is 0 Å². The van der Waals surface area contributed by atoms with Crippen molar-refractivity contribution in [1.29, 1.82) is 0 Å². The summed E-state index contributed by atoms with van der Waals surface area (Å²) in [6.45, 7) is 6.46. The lowest BCUT2D eigenvalue weighted by Crippen LogP contribution is -2.18. The van der Waals surface area contributed by atoms with Gasteiger partial charge in [0, 0.05) is 25.0 Å². The van der Waals surface area contributed by atoms with E-state index in [1.54, 1.807) is 12.3 Å². The zero-order valence-corrected chi connectivity index (χ0v) is 12.6. The predicted octanol–water partition coefficient (Wildman–Crippen LogP) is 3.86. The number of hydrogen-bond donors (Lipinski definition) is 1. The first kappa shape index (κ1) is 15.4. The SMILES string of the molecule is CC(C)Oc1ccc([C@@H](C)NCc2cccnc2)cc1F. The number of aromatic nitrogens is 1. The molecule has 1 aromatic carbocycles. The third kappa shape index (κ3) is 4.53. The minimum Gasteiger partial charge on any atom is -0.488 e. The summed E-state index contributed by atoms with van der Waals surface area (Å²) in [5.74, 6) is -0.0237. The molecule has 0 aliphatic rings. The number of hydrogen-bond acceptors (Lipinski definition) is 3. The number of nitrogens with zero attached hydrogens (tertiary/aromatic N) is 1. The number of ether oxygens (including phenoxy) is 1. The average molecular weight is 288 g/mol. The summed E-state index contributed by atoms with van der Waals surface area (Å²) in [7, 11) is 0. The van der Waals surface area contributed by atoms with E-state index in [2.05, 4.69) is 10.3 Å². The van der Waals surface area contributed by atoms with Crippen LogP contribution in [0.5, 0.6) is 5.75 Å². The van der Waals surface area contributed by atoms with Gasteiger partial charge in [-0.05, 0) is 50.1 Å². The molecule has 0 spiro atoms. The Kier molecular flexibility index (Phi) is 5.28. The van der Waals surface area contributed by atoms with Crippen molar-refractivity contribution in [1.82, 2.24) is 10.3 Å². The minimum absolute atomic E-state index is 0.0357. The highest BCUT2D eigenvalue weighted by molar-refractivity contribution is 5.31. The highest BCUT2D eigenvalue weighted by Gasteiger charge is 2.10. The van der Waals surface area contributed by atoms with Gasteiger partial charge in [0.2, 0.25) is 0 Å². The van der Waals surface area contributed by atoms with E-state index >= 15 is 0 Å². The second-order valence-corrected chi connectivity index (χ2v) is 5.32. The van der Waals surface area contributed by atoms with Crippen LogP contribution in [0.25, 0.3) is 0 Å². The van der Waals surface area contributed by atoms with Crippen molar-refractivity contribution < 1.29 is 9.13 Å². The van der Waals surface area contributed by atoms with Crippen molar-refractivity contribution in [2.75, 3.05) is 0 Å². The molecule has 0 unspecified atom stereocenters. The molecular weight excluding hydrogens is 267 g/mol. The fourth-order valence-electron chi connectivity index (χ4n) is 2.03. The van der Waals surface area contributed by atoms with Crippen LogP contribution in [0.4, 0.5) is 4.39 Å². The van der Waals surface area contributed by atoms with Crippen LogP contribution in [0.1, 0.15) is 37.9 Å². The molecule has 0 saturated heterocycles. The second-order valence-electron chi connectivity index (χ2n) is 5.32. The van der Waals surface area contributed by atoms with Crippen LogP contribution in [0.3, 0.4) is 0 Å². The Morgan fingerprint density at radius 2 is 2.05 bits per heavy atom. The minimum atomic E-state index is -0.323. The maximum Gasteiger partial charge on any atom is 0.165 e. The molecule has 1 N–H and O–H groups in total. The molecule has 21 heavy (non-hydrogen) atoms. The maximum atomic E-state index is 14.0. The number of nitrogens with one attached hydrogen (secondary N) is 1. The molecule has 0 saturated carbocycles. The van der Waals surface area contributed by atoms with E-state index in [1.807, 2.05) is 45.2 Å². The summed E-state index contributed by atoms with van der Waals surface area (Å²) in [6, 6.07) is 9.06. The number of pyridine rings is 1. The molecule has 0 fully saturated rings. The molecule has 3 nitrogen and oxygen atoms in total. The number of rotatable bonds is 6. The lowest BCUT2D eigenvalue weighted by Gasteiger charge is -2.16. The Bertz CT molecular complexity index is 572. The molecule has 0 radical (unpaired) electrons. The Hall–Kier alpha value is -1.94. The normalized spacial score (nSPS) is 12.4. The molecule has 1 aromatic heterocycles. The molecule has 1 atom stereocenters. The largest absolute Gasteiger partial charge is 0.488 e. The average Bonchev–Trinajstić information content (AvgIpc) is 2.47. The lowest BCUT2D eigenvalue weighted by atomic mass is 10.1. The first-order valence-corrected chi connectivity index (χ1v) is 7.14. The third-order valence-corrected chi connectivity index (χ3v) is 3.15. The fourth-order valence-corrected chi connectivity index (χ4v) is 2.03. The molecule has 0 aliphatic heterocycles. The van der Waals surface area contributed by atoms with Crippen LogP contribution in [0, 0.1) is 5.82 Å². The maximum absolute atomic E-state index is 14.0. The smallest absolute Gasteiger partial charge is 0.165 e. The highest BCUT2D eigenvalue weighted by Crippen LogP contribution is 2.23. The van der Waals surface area contributed by atoms with Crippen molar-refractivity contribution in [2.45, 2.75) is 39.5 Å². The zero-order valence-electron chi connectivity index (χ0n) is 12.6. The van der Waals surface area contributed by atoms with Crippen molar-refractivity contribution >= 4 is 0 Å². The Labute approximate surface area is 125 Å². The van der Waals surface area contributed by atoms with Crippen LogP contribution >= 0.6 is 0 Å². The number of benzene rings is 1. The molecule has 2 aromatic rings. The third-order valence-electron chi connectivity index (χ3n) is 3.15. The van der Waals surface area contributed by atoms with Crippen LogP contribution in [0.15, 0.2) is 42.7 Å². The molecule has 112 valence electrons. The van der Waals surface area contributed by atoms with E-state index in [9.17, 15) is 4.39 Å². The van der Waals surface area contributed by atoms with E-state index in [0.29, 0.717) is 12.3 Å². The molecule has 4 heteroatoms. The molecule has 2 rings (SSSR count). The van der Waals surface area contributed by atoms with Gasteiger partial charge in [0.05, 0.1) is 6.10 Å². The molecular formula is C17H21FN2O. The first-order chi connectivity index (χ1) is 10.1. The van der Waals surface area contributed by atoms with E-state index in [4.69, 9.17) is 4.74 Å². The van der Waals surface area contributed by atoms with Gasteiger partial charge in [-0.15, -0.1) is 0 Å². The van der Waals surface area contributed by atoms with E-state index in [1.165, 1.54) is 6.07 Å². The molecule has 0 amide bonds. The van der Waals surface area contributed by atoms with Crippen molar-refractivity contribution in [3.63, 3.8) is 0 Å². The van der Waals surface area contributed by atoms with Crippen LogP contribution in [-0.4, -0.2) is 11.1 Å². The van der Waals surface area contributed by atoms with Gasteiger partial charge in [0.1, 0.15) is 0 Å². The summed E-state index contributed by atoms with van der Waals surface area (Å²) < 4.78 is 19.4. The fraction of sp³-hybridized carbons (Fsp3) is 0.353. The second kappa shape index (κ2) is 7.18. The molecule has 0 aliphatic carbocycles. The first-order valence-electron chi connectivity index (χ1n) is 7.14. The summed E-state index contributed by atoms with van der Waals surface area (Å²) in [5.41, 5.74) is 2.00. The highest BCUT2D eigenvalue weighted by atomic mass is 19.1. The van der Waals surface area contributed by atoms with Gasteiger partial charge in [-0.2, -0.15) is 0 Å². The van der Waals surface area contributed by atoms with Gasteiger partial charge in [-0.3, -0.25) is 4.98 Å². The predicted molar refractivity (Wildman–Crippen MR) is 81.7 cm³/mol. The topological polar surface area (TPSA) is 34.1 Å². The van der Waals surface area contributed by atoms with Crippen molar-refractivity contribution in [3.05, 3.63) is 59.7 Å². The van der Waals surface area contributed by atoms with E-state index < -0.39 is 0 Å². The van der Waals surface area contributed by atoms with Gasteiger partial charge in [-0.1, -0.05) is 12.1 Å². The Morgan fingerprint density at radius 1 is 1.24 bits per heavy atom. The van der Waals surface area contributed by atoms with E-state index in [-0.39, 0.29) is 18.0 Å². The van der Waals surface area contributed by atoms with Gasteiger partial charge >= 0.3 is 0 Å². The van der Waals surface area contributed by atoms with Crippen LogP contribution in [0.2, 0.25) is 0 Å².